The van der Waals surface area contributed by atoms with Crippen LogP contribution >= 0.6 is 11.6 Å². The van der Waals surface area contributed by atoms with Crippen molar-refractivity contribution in [3.8, 4) is 0 Å². The Kier molecular flexibility index (Phi) is 6.98. The number of nitrogens with zero attached hydrogens (tertiary/aromatic N) is 4. The number of rotatable bonds is 7. The molecule has 2 aromatic heterocycles. The number of aliphatic hydroxyl groups is 2. The maximum atomic E-state index is 11.7. The Balaban J connectivity index is 1.73. The average molecular weight is 506 g/mol. The second-order valence-electron chi connectivity index (χ2n) is 9.62. The lowest BCUT2D eigenvalue weighted by Crippen LogP contribution is -2.24. The van der Waals surface area contributed by atoms with E-state index >= 15 is 0 Å². The van der Waals surface area contributed by atoms with Crippen LogP contribution in [0.1, 0.15) is 50.7 Å². The fourth-order valence-electron chi connectivity index (χ4n) is 4.43. The molecule has 1 aromatic carbocycles. The summed E-state index contributed by atoms with van der Waals surface area (Å²) in [6.07, 6.45) is -0.827. The first-order valence-electron chi connectivity index (χ1n) is 11.1. The molecule has 0 spiro atoms. The van der Waals surface area contributed by atoms with Gasteiger partial charge in [0.15, 0.2) is 0 Å². The van der Waals surface area contributed by atoms with Crippen molar-refractivity contribution in [3.63, 3.8) is 0 Å². The van der Waals surface area contributed by atoms with Crippen LogP contribution in [-0.2, 0) is 16.1 Å². The molecule has 12 heteroatoms. The van der Waals surface area contributed by atoms with E-state index in [-0.39, 0.29) is 36.4 Å². The first kappa shape index (κ1) is 25.3. The van der Waals surface area contributed by atoms with E-state index in [1.807, 2.05) is 20.8 Å². The van der Waals surface area contributed by atoms with Crippen molar-refractivity contribution < 1.29 is 24.6 Å². The van der Waals surface area contributed by atoms with Crippen LogP contribution in [0.25, 0.3) is 11.0 Å². The molecule has 4 rings (SSSR count). The number of nitro groups is 1. The lowest BCUT2D eigenvalue weighted by atomic mass is 9.84. The fourth-order valence-corrected chi connectivity index (χ4v) is 4.72. The van der Waals surface area contributed by atoms with Crippen LogP contribution in [0.2, 0.25) is 5.15 Å². The molecule has 2 unspecified atom stereocenters. The Labute approximate surface area is 206 Å². The molecule has 4 N–H and O–H groups in total. The van der Waals surface area contributed by atoms with Crippen molar-refractivity contribution in [1.82, 2.24) is 14.5 Å². The SMILES string of the molecule is CC(C)(C)C(OCc1cn([C@H]2CC(O)[C@@H](CO)O2)c2nc(N)nc(Cl)c12)c1ccccc1[N+](=O)[O-]. The van der Waals surface area contributed by atoms with Gasteiger partial charge in [-0.3, -0.25) is 10.1 Å². The van der Waals surface area contributed by atoms with E-state index in [1.54, 1.807) is 29.0 Å². The first-order chi connectivity index (χ1) is 16.5. The number of nitro benzene ring substituents is 1. The Morgan fingerprint density at radius 3 is 2.71 bits per heavy atom. The molecule has 35 heavy (non-hydrogen) atoms. The largest absolute Gasteiger partial charge is 0.394 e. The van der Waals surface area contributed by atoms with Crippen molar-refractivity contribution in [2.45, 2.75) is 58.3 Å². The van der Waals surface area contributed by atoms with Crippen LogP contribution in [0.15, 0.2) is 30.5 Å². The van der Waals surface area contributed by atoms with Crippen molar-refractivity contribution >= 4 is 34.3 Å². The molecule has 0 saturated carbocycles. The number of nitrogens with two attached hydrogens (primary N) is 1. The van der Waals surface area contributed by atoms with Gasteiger partial charge < -0.3 is 30.0 Å². The van der Waals surface area contributed by atoms with Crippen LogP contribution in [0, 0.1) is 15.5 Å². The number of halogens is 1. The van der Waals surface area contributed by atoms with Gasteiger partial charge in [0.2, 0.25) is 5.95 Å². The molecule has 188 valence electrons. The highest BCUT2D eigenvalue weighted by Gasteiger charge is 2.37. The van der Waals surface area contributed by atoms with Gasteiger partial charge in [0.05, 0.1) is 41.3 Å². The number of aliphatic hydroxyl groups excluding tert-OH is 2. The van der Waals surface area contributed by atoms with Crippen molar-refractivity contribution in [2.75, 3.05) is 12.3 Å². The molecule has 11 nitrogen and oxygen atoms in total. The number of fused-ring (bicyclic) bond motifs is 1. The van der Waals surface area contributed by atoms with Gasteiger partial charge in [-0.05, 0) is 11.5 Å². The van der Waals surface area contributed by atoms with E-state index in [9.17, 15) is 20.3 Å². The molecule has 0 bridgehead atoms. The number of nitrogen functional groups attached to an aromatic ring is 1. The van der Waals surface area contributed by atoms with Gasteiger partial charge >= 0.3 is 0 Å². The molecular formula is C23H28ClN5O6. The van der Waals surface area contributed by atoms with Crippen LogP contribution < -0.4 is 5.73 Å². The molecule has 3 aromatic rings. The van der Waals surface area contributed by atoms with Gasteiger partial charge in [-0.1, -0.05) is 44.5 Å². The average Bonchev–Trinajstić information content (AvgIpc) is 3.33. The summed E-state index contributed by atoms with van der Waals surface area (Å²) in [5, 5.41) is 32.0. The molecule has 0 aliphatic carbocycles. The number of hydrogen-bond acceptors (Lipinski definition) is 9. The van der Waals surface area contributed by atoms with E-state index < -0.39 is 34.9 Å². The van der Waals surface area contributed by atoms with Crippen molar-refractivity contribution in [2.24, 2.45) is 5.41 Å². The van der Waals surface area contributed by atoms with E-state index in [2.05, 4.69) is 9.97 Å². The van der Waals surface area contributed by atoms with Crippen molar-refractivity contribution in [1.29, 1.82) is 0 Å². The maximum Gasteiger partial charge on any atom is 0.275 e. The molecule has 4 atom stereocenters. The third-order valence-corrected chi connectivity index (χ3v) is 6.30. The Morgan fingerprint density at radius 2 is 2.09 bits per heavy atom. The van der Waals surface area contributed by atoms with E-state index in [4.69, 9.17) is 26.8 Å². The summed E-state index contributed by atoms with van der Waals surface area (Å²) in [5.74, 6) is -0.0287. The zero-order valence-corrected chi connectivity index (χ0v) is 20.3. The van der Waals surface area contributed by atoms with Gasteiger partial charge in [0.1, 0.15) is 23.1 Å². The molecule has 0 radical (unpaired) electrons. The van der Waals surface area contributed by atoms with Gasteiger partial charge in [-0.25, -0.2) is 4.98 Å². The topological polar surface area (TPSA) is 159 Å². The lowest BCUT2D eigenvalue weighted by molar-refractivity contribution is -0.386. The Morgan fingerprint density at radius 1 is 1.37 bits per heavy atom. The molecular weight excluding hydrogens is 478 g/mol. The minimum absolute atomic E-state index is 0.0209. The highest BCUT2D eigenvalue weighted by atomic mass is 35.5. The number of aromatic nitrogens is 3. The number of benzene rings is 1. The van der Waals surface area contributed by atoms with Gasteiger partial charge in [0, 0.05) is 24.2 Å². The van der Waals surface area contributed by atoms with Gasteiger partial charge in [-0.2, -0.15) is 4.98 Å². The Hall–Kier alpha value is -2.83. The highest BCUT2D eigenvalue weighted by molar-refractivity contribution is 6.34. The van der Waals surface area contributed by atoms with E-state index in [1.165, 1.54) is 6.07 Å². The zero-order chi connectivity index (χ0) is 25.5. The fraction of sp³-hybridized carbons (Fsp3) is 0.478. The zero-order valence-electron chi connectivity index (χ0n) is 19.6. The molecule has 1 fully saturated rings. The minimum atomic E-state index is -0.847. The number of ether oxygens (including phenoxy) is 2. The highest BCUT2D eigenvalue weighted by Crippen LogP contribution is 2.42. The van der Waals surface area contributed by atoms with Crippen LogP contribution in [-0.4, -0.2) is 48.5 Å². The second kappa shape index (κ2) is 9.67. The summed E-state index contributed by atoms with van der Waals surface area (Å²) in [4.78, 5) is 19.6. The van der Waals surface area contributed by atoms with E-state index in [0.717, 1.165) is 0 Å². The minimum Gasteiger partial charge on any atom is -0.394 e. The summed E-state index contributed by atoms with van der Waals surface area (Å²) >= 11 is 6.44. The van der Waals surface area contributed by atoms with Crippen LogP contribution in [0.4, 0.5) is 11.6 Å². The van der Waals surface area contributed by atoms with Crippen LogP contribution in [0.5, 0.6) is 0 Å². The quantitative estimate of drug-likeness (QED) is 0.248. The molecule has 3 heterocycles. The van der Waals surface area contributed by atoms with Gasteiger partial charge in [-0.15, -0.1) is 0 Å². The summed E-state index contributed by atoms with van der Waals surface area (Å²) in [6, 6.07) is 6.50. The monoisotopic (exact) mass is 505 g/mol. The number of para-hydroxylation sites is 1. The summed E-state index contributed by atoms with van der Waals surface area (Å²) in [6.45, 7) is 5.54. The summed E-state index contributed by atoms with van der Waals surface area (Å²) in [7, 11) is 0. The third-order valence-electron chi connectivity index (χ3n) is 6.03. The normalized spacial score (nSPS) is 21.5. The summed E-state index contributed by atoms with van der Waals surface area (Å²) < 4.78 is 13.8. The number of hydrogen-bond donors (Lipinski definition) is 3. The number of anilines is 1. The van der Waals surface area contributed by atoms with Crippen molar-refractivity contribution in [3.05, 3.63) is 56.9 Å². The molecule has 1 aliphatic heterocycles. The predicted octanol–water partition coefficient (Wildman–Crippen LogP) is 3.52. The predicted molar refractivity (Wildman–Crippen MR) is 129 cm³/mol. The molecule has 1 saturated heterocycles. The Bertz CT molecular complexity index is 1240. The smallest absolute Gasteiger partial charge is 0.275 e. The second-order valence-corrected chi connectivity index (χ2v) is 9.98. The van der Waals surface area contributed by atoms with Gasteiger partial charge in [0.25, 0.3) is 5.69 Å². The van der Waals surface area contributed by atoms with Crippen LogP contribution in [0.3, 0.4) is 0 Å². The molecule has 0 amide bonds. The maximum absolute atomic E-state index is 11.7. The summed E-state index contributed by atoms with van der Waals surface area (Å²) in [5.41, 5.74) is 6.84. The standard InChI is InChI=1S/C23H28ClN5O6/c1-23(2,3)19(13-6-4-5-7-14(13)29(32)33)34-11-12-9-28(17-8-15(31)16(10-30)35-17)21-18(12)20(24)26-22(25)27-21/h4-7,9,15-17,19,30-31H,8,10-11H2,1-3H3,(H2,25,26,27)/t15?,16-,17-,19?/m1/s1. The lowest BCUT2D eigenvalue weighted by Gasteiger charge is -2.30. The first-order valence-corrected chi connectivity index (χ1v) is 11.5. The molecule has 1 aliphatic rings. The third kappa shape index (κ3) is 4.95. The van der Waals surface area contributed by atoms with E-state index in [0.29, 0.717) is 22.2 Å².